The summed E-state index contributed by atoms with van der Waals surface area (Å²) in [4.78, 5) is 12.8. The summed E-state index contributed by atoms with van der Waals surface area (Å²) in [6.07, 6.45) is 1.66. The lowest BCUT2D eigenvalue weighted by atomic mass is 10.1. The molecule has 0 spiro atoms. The van der Waals surface area contributed by atoms with Gasteiger partial charge in [-0.15, -0.1) is 0 Å². The molecule has 0 aliphatic carbocycles. The molecule has 2 aromatic rings. The second-order valence-corrected chi connectivity index (χ2v) is 4.65. The average molecular weight is 247 g/mol. The van der Waals surface area contributed by atoms with Crippen LogP contribution in [0.25, 0.3) is 11.0 Å². The smallest absolute Gasteiger partial charge is 0.317 e. The van der Waals surface area contributed by atoms with Crippen LogP contribution < -0.4 is 0 Å². The van der Waals surface area contributed by atoms with Crippen molar-refractivity contribution in [2.24, 2.45) is 0 Å². The van der Waals surface area contributed by atoms with Gasteiger partial charge in [-0.25, -0.2) is 0 Å². The number of fused-ring (bicyclic) bond motifs is 1. The third-order valence-corrected chi connectivity index (χ3v) is 3.00. The average Bonchev–Trinajstić information content (AvgIpc) is 2.76. The van der Waals surface area contributed by atoms with Crippen molar-refractivity contribution in [2.75, 3.05) is 6.54 Å². The Labute approximate surface area is 106 Å². The molecule has 96 valence electrons. The fourth-order valence-electron chi connectivity index (χ4n) is 1.99. The van der Waals surface area contributed by atoms with Crippen LogP contribution in [-0.2, 0) is 11.3 Å². The predicted molar refractivity (Wildman–Crippen MR) is 69.4 cm³/mol. The first-order valence-corrected chi connectivity index (χ1v) is 5.99. The number of para-hydroxylation sites is 1. The van der Waals surface area contributed by atoms with Crippen LogP contribution in [0.15, 0.2) is 34.9 Å². The normalized spacial score (nSPS) is 11.6. The molecule has 1 N–H and O–H groups in total. The summed E-state index contributed by atoms with van der Waals surface area (Å²) < 4.78 is 5.46. The molecule has 0 aliphatic rings. The first-order valence-electron chi connectivity index (χ1n) is 5.99. The third kappa shape index (κ3) is 2.71. The van der Waals surface area contributed by atoms with Crippen LogP contribution in [0.5, 0.6) is 0 Å². The highest BCUT2D eigenvalue weighted by atomic mass is 16.4. The van der Waals surface area contributed by atoms with E-state index in [1.54, 1.807) is 6.26 Å². The van der Waals surface area contributed by atoms with E-state index in [1.807, 2.05) is 43.0 Å². The van der Waals surface area contributed by atoms with Crippen LogP contribution >= 0.6 is 0 Å². The number of carboxylic acids is 1. The number of hydrogen-bond acceptors (Lipinski definition) is 3. The largest absolute Gasteiger partial charge is 0.480 e. The molecule has 4 nitrogen and oxygen atoms in total. The van der Waals surface area contributed by atoms with Gasteiger partial charge in [0.15, 0.2) is 0 Å². The summed E-state index contributed by atoms with van der Waals surface area (Å²) in [5.74, 6) is -0.810. The molecule has 0 saturated heterocycles. The fourth-order valence-corrected chi connectivity index (χ4v) is 1.99. The Balaban J connectivity index is 2.25. The minimum Gasteiger partial charge on any atom is -0.480 e. The molecule has 0 unspecified atom stereocenters. The van der Waals surface area contributed by atoms with E-state index in [0.29, 0.717) is 6.54 Å². The quantitative estimate of drug-likeness (QED) is 0.882. The molecular formula is C14H17NO3. The minimum atomic E-state index is -0.810. The number of aliphatic carboxylic acids is 1. The number of hydrogen-bond donors (Lipinski definition) is 1. The van der Waals surface area contributed by atoms with E-state index in [1.165, 1.54) is 0 Å². The topological polar surface area (TPSA) is 53.7 Å². The highest BCUT2D eigenvalue weighted by Gasteiger charge is 2.15. The number of rotatable bonds is 5. The molecule has 0 aliphatic heterocycles. The van der Waals surface area contributed by atoms with Crippen LogP contribution in [0.3, 0.4) is 0 Å². The van der Waals surface area contributed by atoms with E-state index in [0.717, 1.165) is 16.5 Å². The van der Waals surface area contributed by atoms with Crippen LogP contribution in [0.2, 0.25) is 0 Å². The molecule has 4 heteroatoms. The lowest BCUT2D eigenvalue weighted by Crippen LogP contribution is -2.35. The van der Waals surface area contributed by atoms with Gasteiger partial charge in [-0.3, -0.25) is 9.69 Å². The second kappa shape index (κ2) is 5.23. The number of carboxylic acid groups (broad SMARTS) is 1. The molecule has 0 atom stereocenters. The maximum atomic E-state index is 10.9. The lowest BCUT2D eigenvalue weighted by molar-refractivity contribution is -0.138. The van der Waals surface area contributed by atoms with Crippen molar-refractivity contribution < 1.29 is 14.3 Å². The first kappa shape index (κ1) is 12.6. The summed E-state index contributed by atoms with van der Waals surface area (Å²) in [6, 6.07) is 8.01. The van der Waals surface area contributed by atoms with Gasteiger partial charge in [-0.1, -0.05) is 18.2 Å². The SMILES string of the molecule is CC(C)N(CC(=O)O)Cc1cccc2ccoc12. The van der Waals surface area contributed by atoms with Gasteiger partial charge in [0.05, 0.1) is 12.8 Å². The predicted octanol–water partition coefficient (Wildman–Crippen LogP) is 2.73. The lowest BCUT2D eigenvalue weighted by Gasteiger charge is -2.24. The molecule has 0 radical (unpaired) electrons. The number of benzene rings is 1. The maximum Gasteiger partial charge on any atom is 0.317 e. The molecule has 1 aromatic carbocycles. The first-order chi connectivity index (χ1) is 8.58. The Morgan fingerprint density at radius 2 is 2.17 bits per heavy atom. The van der Waals surface area contributed by atoms with Crippen molar-refractivity contribution >= 4 is 16.9 Å². The summed E-state index contributed by atoms with van der Waals surface area (Å²) in [5, 5.41) is 9.97. The van der Waals surface area contributed by atoms with Crippen LogP contribution in [0.1, 0.15) is 19.4 Å². The molecule has 0 saturated carbocycles. The molecule has 2 rings (SSSR count). The van der Waals surface area contributed by atoms with E-state index in [9.17, 15) is 4.79 Å². The molecule has 0 fully saturated rings. The van der Waals surface area contributed by atoms with Gasteiger partial charge in [0.2, 0.25) is 0 Å². The number of nitrogens with zero attached hydrogens (tertiary/aromatic N) is 1. The van der Waals surface area contributed by atoms with E-state index in [4.69, 9.17) is 9.52 Å². The van der Waals surface area contributed by atoms with Crippen LogP contribution in [-0.4, -0.2) is 28.6 Å². The molecule has 0 bridgehead atoms. The zero-order valence-corrected chi connectivity index (χ0v) is 10.6. The van der Waals surface area contributed by atoms with Crippen LogP contribution in [0.4, 0.5) is 0 Å². The van der Waals surface area contributed by atoms with E-state index >= 15 is 0 Å². The molecular weight excluding hydrogens is 230 g/mol. The van der Waals surface area contributed by atoms with Crippen molar-refractivity contribution in [2.45, 2.75) is 26.4 Å². The van der Waals surface area contributed by atoms with Gasteiger partial charge < -0.3 is 9.52 Å². The maximum absolute atomic E-state index is 10.9. The van der Waals surface area contributed by atoms with Gasteiger partial charge in [0.1, 0.15) is 5.58 Å². The molecule has 1 heterocycles. The number of furan rings is 1. The Kier molecular flexibility index (Phi) is 3.67. The Hall–Kier alpha value is -1.81. The molecule has 18 heavy (non-hydrogen) atoms. The van der Waals surface area contributed by atoms with E-state index in [2.05, 4.69) is 0 Å². The Morgan fingerprint density at radius 1 is 1.39 bits per heavy atom. The van der Waals surface area contributed by atoms with Crippen molar-refractivity contribution in [3.63, 3.8) is 0 Å². The monoisotopic (exact) mass is 247 g/mol. The Morgan fingerprint density at radius 3 is 2.83 bits per heavy atom. The standard InChI is InChI=1S/C14H17NO3/c1-10(2)15(9-13(16)17)8-12-5-3-4-11-6-7-18-14(11)12/h3-7,10H,8-9H2,1-2H3,(H,16,17). The Bertz CT molecular complexity index is 545. The van der Waals surface area contributed by atoms with Crippen molar-refractivity contribution in [3.8, 4) is 0 Å². The van der Waals surface area contributed by atoms with Gasteiger partial charge >= 0.3 is 5.97 Å². The summed E-state index contributed by atoms with van der Waals surface area (Å²) >= 11 is 0. The molecule has 0 amide bonds. The fraction of sp³-hybridized carbons (Fsp3) is 0.357. The highest BCUT2D eigenvalue weighted by Crippen LogP contribution is 2.21. The summed E-state index contributed by atoms with van der Waals surface area (Å²) in [5.41, 5.74) is 1.86. The van der Waals surface area contributed by atoms with Crippen molar-refractivity contribution in [1.29, 1.82) is 0 Å². The third-order valence-electron chi connectivity index (χ3n) is 3.00. The summed E-state index contributed by atoms with van der Waals surface area (Å²) in [7, 11) is 0. The van der Waals surface area contributed by atoms with Gasteiger partial charge in [0.25, 0.3) is 0 Å². The van der Waals surface area contributed by atoms with Crippen molar-refractivity contribution in [3.05, 3.63) is 36.1 Å². The van der Waals surface area contributed by atoms with Crippen LogP contribution in [0, 0.1) is 0 Å². The van der Waals surface area contributed by atoms with Gasteiger partial charge in [0, 0.05) is 23.5 Å². The zero-order chi connectivity index (χ0) is 13.1. The number of carbonyl (C=O) groups is 1. The summed E-state index contributed by atoms with van der Waals surface area (Å²) in [6.45, 7) is 4.60. The second-order valence-electron chi connectivity index (χ2n) is 4.65. The minimum absolute atomic E-state index is 0.0365. The highest BCUT2D eigenvalue weighted by molar-refractivity contribution is 5.80. The van der Waals surface area contributed by atoms with E-state index < -0.39 is 5.97 Å². The van der Waals surface area contributed by atoms with Gasteiger partial charge in [-0.2, -0.15) is 0 Å². The van der Waals surface area contributed by atoms with E-state index in [-0.39, 0.29) is 12.6 Å². The zero-order valence-electron chi connectivity index (χ0n) is 10.6. The van der Waals surface area contributed by atoms with Gasteiger partial charge in [-0.05, 0) is 19.9 Å². The van der Waals surface area contributed by atoms with Crippen molar-refractivity contribution in [1.82, 2.24) is 4.90 Å². The molecule has 1 aromatic heterocycles.